The fraction of sp³-hybridized carbons (Fsp3) is 0.100. The minimum Gasteiger partial charge on any atom is -0.315 e. The highest BCUT2D eigenvalue weighted by Gasteiger charge is 2.35. The van der Waals surface area contributed by atoms with Crippen LogP contribution in [0.4, 0.5) is 11.4 Å². The summed E-state index contributed by atoms with van der Waals surface area (Å²) in [5.74, 6) is -0.904. The van der Waals surface area contributed by atoms with Gasteiger partial charge in [0.05, 0.1) is 4.92 Å². The van der Waals surface area contributed by atoms with Crippen molar-refractivity contribution in [2.75, 3.05) is 5.32 Å². The van der Waals surface area contributed by atoms with Crippen LogP contribution in [0.2, 0.25) is 0 Å². The largest absolute Gasteiger partial charge is 0.315 e. The molecule has 0 spiro atoms. The van der Waals surface area contributed by atoms with E-state index in [-0.39, 0.29) is 11.4 Å². The first-order valence-electron chi connectivity index (χ1n) is 5.30. The number of nitro benzene ring substituents is 1. The molecule has 1 aromatic rings. The van der Waals surface area contributed by atoms with Crippen molar-refractivity contribution >= 4 is 29.2 Å². The fourth-order valence-electron chi connectivity index (χ4n) is 1.55. The summed E-state index contributed by atoms with van der Waals surface area (Å²) >= 11 is 0. The van der Waals surface area contributed by atoms with Crippen LogP contribution >= 0.6 is 0 Å². The summed E-state index contributed by atoms with van der Waals surface area (Å²) in [5, 5.41) is 30.4. The Morgan fingerprint density at radius 3 is 2.60 bits per heavy atom. The summed E-state index contributed by atoms with van der Waals surface area (Å²) in [6.07, 6.45) is 0.911. The van der Waals surface area contributed by atoms with E-state index >= 15 is 0 Å². The van der Waals surface area contributed by atoms with E-state index in [9.17, 15) is 25.0 Å². The van der Waals surface area contributed by atoms with E-state index in [1.165, 1.54) is 24.3 Å². The maximum absolute atomic E-state index is 11.9. The number of anilines is 1. The molecule has 1 atom stereocenters. The predicted octanol–water partition coefficient (Wildman–Crippen LogP) is 0.619. The summed E-state index contributed by atoms with van der Waals surface area (Å²) in [7, 11) is 0. The van der Waals surface area contributed by atoms with E-state index in [1.54, 1.807) is 0 Å². The molecule has 10 nitrogen and oxygen atoms in total. The maximum atomic E-state index is 11.9. The highest BCUT2D eigenvalue weighted by Crippen LogP contribution is 2.23. The number of para-hydroxylation sites is 2. The van der Waals surface area contributed by atoms with Crippen molar-refractivity contribution in [3.05, 3.63) is 44.5 Å². The second-order valence-corrected chi connectivity index (χ2v) is 3.71. The zero-order valence-electron chi connectivity index (χ0n) is 9.79. The number of rotatable bonds is 4. The first-order valence-corrected chi connectivity index (χ1v) is 5.30. The quantitative estimate of drug-likeness (QED) is 0.634. The van der Waals surface area contributed by atoms with Crippen molar-refractivity contribution in [2.45, 2.75) is 6.04 Å². The van der Waals surface area contributed by atoms with Gasteiger partial charge in [-0.05, 0) is 6.07 Å². The molecular weight excluding hydrogens is 270 g/mol. The van der Waals surface area contributed by atoms with Crippen LogP contribution in [0.3, 0.4) is 0 Å². The van der Waals surface area contributed by atoms with E-state index in [0.717, 1.165) is 6.21 Å². The van der Waals surface area contributed by atoms with Gasteiger partial charge in [0.15, 0.2) is 0 Å². The van der Waals surface area contributed by atoms with Gasteiger partial charge in [0, 0.05) is 11.0 Å². The molecule has 0 saturated heterocycles. The molecule has 0 bridgehead atoms. The summed E-state index contributed by atoms with van der Waals surface area (Å²) in [5.41, 5.74) is -0.814. The third-order valence-corrected chi connectivity index (χ3v) is 2.46. The number of nitrogens with one attached hydrogen (secondary N) is 1. The SMILES string of the molecule is O=C(Nc1ccccc1[N+](=O)[O-])C1=NN=CC1[N+](=O)[O-]. The average Bonchev–Trinajstić information content (AvgIpc) is 2.88. The minimum atomic E-state index is -1.45. The first kappa shape index (κ1) is 13.3. The normalized spacial score (nSPS) is 16.6. The molecule has 1 N–H and O–H groups in total. The number of hydrogen-bond acceptors (Lipinski definition) is 7. The molecule has 1 heterocycles. The lowest BCUT2D eigenvalue weighted by Gasteiger charge is -2.06. The van der Waals surface area contributed by atoms with Gasteiger partial charge in [-0.2, -0.15) is 5.10 Å². The van der Waals surface area contributed by atoms with E-state index in [1.807, 2.05) is 0 Å². The molecule has 1 aliphatic heterocycles. The van der Waals surface area contributed by atoms with Crippen molar-refractivity contribution < 1.29 is 14.6 Å². The standard InChI is InChI=1S/C10H7N5O5/c16-10(9-8(15(19)20)5-11-13-9)12-6-3-1-2-4-7(6)14(17)18/h1-5,8H,(H,12,16). The van der Waals surface area contributed by atoms with Gasteiger partial charge < -0.3 is 5.32 Å². The Hall–Kier alpha value is -3.17. The Morgan fingerprint density at radius 2 is 1.95 bits per heavy atom. The van der Waals surface area contributed by atoms with Crippen LogP contribution in [0, 0.1) is 20.2 Å². The van der Waals surface area contributed by atoms with Gasteiger partial charge in [0.1, 0.15) is 11.9 Å². The van der Waals surface area contributed by atoms with E-state index < -0.39 is 27.5 Å². The number of benzene rings is 1. The number of carbonyl (C=O) groups is 1. The third kappa shape index (κ3) is 2.48. The smallest absolute Gasteiger partial charge is 0.298 e. The molecule has 0 saturated carbocycles. The molecule has 2 rings (SSSR count). The molecule has 1 aliphatic rings. The second-order valence-electron chi connectivity index (χ2n) is 3.71. The lowest BCUT2D eigenvalue weighted by molar-refractivity contribution is -0.482. The molecule has 0 fully saturated rings. The number of nitrogens with zero attached hydrogens (tertiary/aromatic N) is 4. The molecule has 1 unspecified atom stereocenters. The summed E-state index contributed by atoms with van der Waals surface area (Å²) in [4.78, 5) is 31.9. The fourth-order valence-corrected chi connectivity index (χ4v) is 1.55. The molecule has 0 aromatic heterocycles. The Balaban J connectivity index is 2.21. The number of amides is 1. The monoisotopic (exact) mass is 277 g/mol. The lowest BCUT2D eigenvalue weighted by atomic mass is 10.2. The van der Waals surface area contributed by atoms with Gasteiger partial charge in [0.25, 0.3) is 17.6 Å². The van der Waals surface area contributed by atoms with Gasteiger partial charge in [0.2, 0.25) is 5.71 Å². The van der Waals surface area contributed by atoms with Crippen LogP contribution in [0.1, 0.15) is 0 Å². The molecule has 1 aromatic carbocycles. The van der Waals surface area contributed by atoms with Crippen LogP contribution < -0.4 is 5.32 Å². The highest BCUT2D eigenvalue weighted by molar-refractivity contribution is 6.47. The van der Waals surface area contributed by atoms with Crippen LogP contribution in [0.5, 0.6) is 0 Å². The number of nitro groups is 2. The zero-order chi connectivity index (χ0) is 14.7. The molecular formula is C10H7N5O5. The van der Waals surface area contributed by atoms with Gasteiger partial charge in [-0.1, -0.05) is 12.1 Å². The Morgan fingerprint density at radius 1 is 1.25 bits per heavy atom. The van der Waals surface area contributed by atoms with Crippen LogP contribution in [0.15, 0.2) is 34.5 Å². The predicted molar refractivity (Wildman–Crippen MR) is 68.4 cm³/mol. The van der Waals surface area contributed by atoms with Gasteiger partial charge in [-0.3, -0.25) is 25.0 Å². The van der Waals surface area contributed by atoms with Gasteiger partial charge in [-0.25, -0.2) is 0 Å². The van der Waals surface area contributed by atoms with Gasteiger partial charge >= 0.3 is 0 Å². The molecule has 0 radical (unpaired) electrons. The van der Waals surface area contributed by atoms with Crippen LogP contribution in [-0.4, -0.2) is 33.7 Å². The van der Waals surface area contributed by atoms with Crippen molar-refractivity contribution in [1.29, 1.82) is 0 Å². The summed E-state index contributed by atoms with van der Waals surface area (Å²) in [6.45, 7) is 0. The van der Waals surface area contributed by atoms with Crippen molar-refractivity contribution in [1.82, 2.24) is 0 Å². The van der Waals surface area contributed by atoms with Gasteiger partial charge in [-0.15, -0.1) is 5.10 Å². The van der Waals surface area contributed by atoms with Crippen molar-refractivity contribution in [2.24, 2.45) is 10.2 Å². The number of carbonyl (C=O) groups excluding carboxylic acids is 1. The highest BCUT2D eigenvalue weighted by atomic mass is 16.6. The third-order valence-electron chi connectivity index (χ3n) is 2.46. The minimum absolute atomic E-state index is 0.0702. The van der Waals surface area contributed by atoms with E-state index in [0.29, 0.717) is 0 Å². The maximum Gasteiger partial charge on any atom is 0.298 e. The molecule has 0 aliphatic carbocycles. The first-order chi connectivity index (χ1) is 9.50. The Kier molecular flexibility index (Phi) is 3.46. The van der Waals surface area contributed by atoms with E-state index in [4.69, 9.17) is 0 Å². The van der Waals surface area contributed by atoms with Crippen molar-refractivity contribution in [3.63, 3.8) is 0 Å². The molecule has 20 heavy (non-hydrogen) atoms. The van der Waals surface area contributed by atoms with E-state index in [2.05, 4.69) is 15.5 Å². The lowest BCUT2D eigenvalue weighted by Crippen LogP contribution is -2.37. The zero-order valence-corrected chi connectivity index (χ0v) is 9.79. The Bertz CT molecular complexity index is 653. The summed E-state index contributed by atoms with van der Waals surface area (Å²) < 4.78 is 0. The van der Waals surface area contributed by atoms with Crippen LogP contribution in [-0.2, 0) is 4.79 Å². The second kappa shape index (κ2) is 5.22. The molecule has 1 amide bonds. The number of hydrogen-bond donors (Lipinski definition) is 1. The summed E-state index contributed by atoms with van der Waals surface area (Å²) in [6, 6.07) is 3.99. The van der Waals surface area contributed by atoms with Crippen molar-refractivity contribution in [3.8, 4) is 0 Å². The molecule has 102 valence electrons. The average molecular weight is 277 g/mol. The topological polar surface area (TPSA) is 140 Å². The Labute approximate surface area is 111 Å². The van der Waals surface area contributed by atoms with Crippen LogP contribution in [0.25, 0.3) is 0 Å². The molecule has 10 heteroatoms.